The molecule has 5 heterocycles. The van der Waals surface area contributed by atoms with Crippen LogP contribution in [0.5, 0.6) is 0 Å². The summed E-state index contributed by atoms with van der Waals surface area (Å²) in [5.41, 5.74) is 8.42. The second-order valence-corrected chi connectivity index (χ2v) is 9.50. The Labute approximate surface area is 229 Å². The second-order valence-electron chi connectivity index (χ2n) is 9.50. The molecule has 0 fully saturated rings. The summed E-state index contributed by atoms with van der Waals surface area (Å²) in [5.74, 6) is 0.617. The van der Waals surface area contributed by atoms with E-state index in [1.54, 1.807) is 24.8 Å². The summed E-state index contributed by atoms with van der Waals surface area (Å²) >= 11 is 0. The van der Waals surface area contributed by atoms with Gasteiger partial charge in [0.15, 0.2) is 11.5 Å². The first-order valence-electron chi connectivity index (χ1n) is 12.9. The van der Waals surface area contributed by atoms with E-state index >= 15 is 0 Å². The number of benzene rings is 2. The first-order valence-corrected chi connectivity index (χ1v) is 12.9. The molecule has 4 N–H and O–H groups in total. The molecule has 0 amide bonds. The molecular weight excluding hydrogens is 500 g/mol. The van der Waals surface area contributed by atoms with E-state index in [9.17, 15) is 5.11 Å². The van der Waals surface area contributed by atoms with Gasteiger partial charge in [-0.1, -0.05) is 42.5 Å². The van der Waals surface area contributed by atoms with Gasteiger partial charge in [-0.3, -0.25) is 15.1 Å². The van der Waals surface area contributed by atoms with E-state index in [2.05, 4.69) is 41.5 Å². The fourth-order valence-electron chi connectivity index (χ4n) is 4.89. The molecule has 0 spiro atoms. The van der Waals surface area contributed by atoms with E-state index in [-0.39, 0.29) is 0 Å². The first-order chi connectivity index (χ1) is 19.7. The average molecular weight is 525 g/mol. The van der Waals surface area contributed by atoms with Crippen LogP contribution < -0.4 is 5.32 Å². The highest BCUT2D eigenvalue weighted by atomic mass is 16.3. The Morgan fingerprint density at radius 3 is 2.62 bits per heavy atom. The number of nitrogens with zero attached hydrogens (tertiary/aromatic N) is 5. The van der Waals surface area contributed by atoms with Crippen molar-refractivity contribution in [3.8, 4) is 33.9 Å². The van der Waals surface area contributed by atoms with Crippen molar-refractivity contribution in [3.63, 3.8) is 0 Å². The van der Waals surface area contributed by atoms with Gasteiger partial charge in [-0.2, -0.15) is 5.10 Å². The largest absolute Gasteiger partial charge is 0.373 e. The lowest BCUT2D eigenvalue weighted by Gasteiger charge is -2.15. The van der Waals surface area contributed by atoms with Crippen molar-refractivity contribution < 1.29 is 5.11 Å². The van der Waals surface area contributed by atoms with Gasteiger partial charge in [0.1, 0.15) is 11.9 Å². The third kappa shape index (κ3) is 4.55. The summed E-state index contributed by atoms with van der Waals surface area (Å²) in [4.78, 5) is 21.5. The van der Waals surface area contributed by atoms with Gasteiger partial charge < -0.3 is 15.4 Å². The summed E-state index contributed by atoms with van der Waals surface area (Å²) in [7, 11) is 0. The van der Waals surface area contributed by atoms with Crippen molar-refractivity contribution in [1.82, 2.24) is 35.1 Å². The molecule has 5 aromatic heterocycles. The molecule has 0 aliphatic carbocycles. The molecular formula is C31H24N8O. The molecule has 0 aliphatic rings. The summed E-state index contributed by atoms with van der Waals surface area (Å²) in [5, 5.41) is 22.3. The molecule has 7 aromatic rings. The van der Waals surface area contributed by atoms with Crippen LogP contribution in [0.2, 0.25) is 0 Å². The predicted octanol–water partition coefficient (Wildman–Crippen LogP) is 5.60. The van der Waals surface area contributed by atoms with Crippen LogP contribution in [-0.2, 0) is 6.42 Å². The number of aromatic amines is 2. The molecule has 0 saturated carbocycles. The van der Waals surface area contributed by atoms with Crippen LogP contribution in [0.4, 0.5) is 5.69 Å². The normalized spacial score (nSPS) is 12.1. The number of aliphatic hydroxyl groups excluding tert-OH is 1. The third-order valence-electron chi connectivity index (χ3n) is 6.80. The number of anilines is 1. The number of aromatic nitrogens is 7. The van der Waals surface area contributed by atoms with Crippen LogP contribution in [-0.4, -0.2) is 46.5 Å². The minimum absolute atomic E-state index is 0.490. The standard InChI is InChI=1S/C31H24N8O/c40-27(14-19-6-2-1-3-7-19)35-22-15-21(17-32-18-22)20-9-10-26-24(16-20)29(39-38-26)31-36-28-23(11-13-34-30(28)37-31)25-8-4-5-12-33-25/h1-13,15-18,27,35,40H,14H2,(H,38,39)(H,34,36,37). The van der Waals surface area contributed by atoms with Crippen LogP contribution in [0, 0.1) is 0 Å². The van der Waals surface area contributed by atoms with Gasteiger partial charge >= 0.3 is 0 Å². The molecule has 0 saturated heterocycles. The first kappa shape index (κ1) is 23.7. The lowest BCUT2D eigenvalue weighted by atomic mass is 10.0. The van der Waals surface area contributed by atoms with Crippen molar-refractivity contribution in [2.24, 2.45) is 0 Å². The summed E-state index contributed by atoms with van der Waals surface area (Å²) < 4.78 is 0. The van der Waals surface area contributed by atoms with Gasteiger partial charge in [0, 0.05) is 41.5 Å². The predicted molar refractivity (Wildman–Crippen MR) is 155 cm³/mol. The molecule has 0 radical (unpaired) electrons. The maximum absolute atomic E-state index is 10.6. The second kappa shape index (κ2) is 10.0. The molecule has 1 atom stereocenters. The van der Waals surface area contributed by atoms with E-state index in [1.807, 2.05) is 72.8 Å². The zero-order chi connectivity index (χ0) is 26.9. The molecule has 0 bridgehead atoms. The molecule has 0 aliphatic heterocycles. The molecule has 194 valence electrons. The number of hydrogen-bond donors (Lipinski definition) is 4. The monoisotopic (exact) mass is 524 g/mol. The van der Waals surface area contributed by atoms with Gasteiger partial charge in [-0.25, -0.2) is 9.97 Å². The number of fused-ring (bicyclic) bond motifs is 2. The highest BCUT2D eigenvalue weighted by Gasteiger charge is 2.17. The van der Waals surface area contributed by atoms with Crippen molar-refractivity contribution in [3.05, 3.63) is 109 Å². The summed E-state index contributed by atoms with van der Waals surface area (Å²) in [6.07, 6.45) is 6.78. The van der Waals surface area contributed by atoms with Crippen molar-refractivity contribution in [2.45, 2.75) is 12.6 Å². The van der Waals surface area contributed by atoms with E-state index < -0.39 is 6.23 Å². The van der Waals surface area contributed by atoms with Crippen LogP contribution in [0.15, 0.2) is 104 Å². The van der Waals surface area contributed by atoms with Crippen molar-refractivity contribution in [2.75, 3.05) is 5.32 Å². The number of imidazole rings is 1. The average Bonchev–Trinajstić information content (AvgIpc) is 3.62. The van der Waals surface area contributed by atoms with Crippen LogP contribution in [0.3, 0.4) is 0 Å². The Kier molecular flexibility index (Phi) is 5.95. The highest BCUT2D eigenvalue weighted by molar-refractivity contribution is 5.97. The van der Waals surface area contributed by atoms with Gasteiger partial charge in [0.05, 0.1) is 28.6 Å². The zero-order valence-corrected chi connectivity index (χ0v) is 21.3. The van der Waals surface area contributed by atoms with E-state index in [0.717, 1.165) is 50.1 Å². The van der Waals surface area contributed by atoms with E-state index in [1.165, 1.54) is 0 Å². The van der Waals surface area contributed by atoms with Gasteiger partial charge in [0.2, 0.25) is 0 Å². The molecule has 1 unspecified atom stereocenters. The molecule has 40 heavy (non-hydrogen) atoms. The number of aliphatic hydroxyl groups is 1. The van der Waals surface area contributed by atoms with Gasteiger partial charge in [0.25, 0.3) is 0 Å². The lowest BCUT2D eigenvalue weighted by Crippen LogP contribution is -2.21. The third-order valence-corrected chi connectivity index (χ3v) is 6.80. The van der Waals surface area contributed by atoms with Crippen LogP contribution in [0.1, 0.15) is 5.56 Å². The fourth-order valence-corrected chi connectivity index (χ4v) is 4.89. The number of H-pyrrole nitrogens is 2. The Morgan fingerprint density at radius 2 is 1.75 bits per heavy atom. The topological polar surface area (TPSA) is 128 Å². The number of rotatable bonds is 7. The Hall–Kier alpha value is -5.41. The maximum atomic E-state index is 10.6. The lowest BCUT2D eigenvalue weighted by molar-refractivity contribution is 0.204. The van der Waals surface area contributed by atoms with Gasteiger partial charge in [-0.05, 0) is 47.5 Å². The van der Waals surface area contributed by atoms with E-state index in [4.69, 9.17) is 4.98 Å². The molecule has 7 rings (SSSR count). The Balaban J connectivity index is 1.21. The summed E-state index contributed by atoms with van der Waals surface area (Å²) in [6.45, 7) is 0. The minimum Gasteiger partial charge on any atom is -0.373 e. The van der Waals surface area contributed by atoms with Crippen LogP contribution >= 0.6 is 0 Å². The minimum atomic E-state index is -0.736. The molecule has 9 nitrogen and oxygen atoms in total. The fraction of sp³-hybridized carbons (Fsp3) is 0.0645. The van der Waals surface area contributed by atoms with E-state index in [0.29, 0.717) is 23.6 Å². The SMILES string of the molecule is OC(Cc1ccccc1)Nc1cncc(-c2ccc3[nH]nc(-c4nc5nccc(-c6ccccn6)c5[nH]4)c3c2)c1. The number of hydrogen-bond acceptors (Lipinski definition) is 7. The smallest absolute Gasteiger partial charge is 0.178 e. The number of nitrogens with one attached hydrogen (secondary N) is 3. The summed E-state index contributed by atoms with van der Waals surface area (Å²) in [6, 6.07) is 25.7. The van der Waals surface area contributed by atoms with Gasteiger partial charge in [-0.15, -0.1) is 0 Å². The Morgan fingerprint density at radius 1 is 0.850 bits per heavy atom. The maximum Gasteiger partial charge on any atom is 0.178 e. The zero-order valence-electron chi connectivity index (χ0n) is 21.3. The van der Waals surface area contributed by atoms with Crippen molar-refractivity contribution >= 4 is 27.8 Å². The molecule has 9 heteroatoms. The Bertz CT molecular complexity index is 1930. The quantitative estimate of drug-likeness (QED) is 0.200. The number of pyridine rings is 3. The molecule has 2 aromatic carbocycles. The highest BCUT2D eigenvalue weighted by Crippen LogP contribution is 2.32. The van der Waals surface area contributed by atoms with Crippen LogP contribution in [0.25, 0.3) is 56.0 Å². The van der Waals surface area contributed by atoms with Crippen molar-refractivity contribution in [1.29, 1.82) is 0 Å².